The first-order valence-corrected chi connectivity index (χ1v) is 11.3. The number of non-ortho nitro benzene ring substituents is 1. The van der Waals surface area contributed by atoms with E-state index >= 15 is 0 Å². The van der Waals surface area contributed by atoms with Crippen molar-refractivity contribution >= 4 is 40.9 Å². The molecule has 3 amide bonds. The summed E-state index contributed by atoms with van der Waals surface area (Å²) in [5.74, 6) is -0.647. The smallest absolute Gasteiger partial charge is 0.269 e. The van der Waals surface area contributed by atoms with Crippen LogP contribution in [0, 0.1) is 10.1 Å². The molecule has 0 radical (unpaired) electrons. The van der Waals surface area contributed by atoms with Crippen molar-refractivity contribution in [1.29, 1.82) is 0 Å². The maximum atomic E-state index is 12.6. The number of nitro benzene ring substituents is 1. The Labute approximate surface area is 204 Å². The number of carbonyl (C=O) groups is 3. The third kappa shape index (κ3) is 6.59. The molecule has 0 spiro atoms. The largest absolute Gasteiger partial charge is 0.493 e. The third-order valence-electron chi connectivity index (χ3n) is 4.93. The first kappa shape index (κ1) is 25.7. The topological polar surface area (TPSA) is 187 Å². The number of nitrogens with one attached hydrogen (secondary N) is 4. The Morgan fingerprint density at radius 3 is 2.43 bits per heavy atom. The van der Waals surface area contributed by atoms with E-state index in [0.29, 0.717) is 17.2 Å². The van der Waals surface area contributed by atoms with Gasteiger partial charge in [-0.3, -0.25) is 29.8 Å². The summed E-state index contributed by atoms with van der Waals surface area (Å²) < 4.78 is 10.3. The van der Waals surface area contributed by atoms with Crippen LogP contribution in [0.25, 0.3) is 0 Å². The number of nitrogens with two attached hydrogens (primary N) is 1. The number of thioether (sulfide) groups is 1. The third-order valence-corrected chi connectivity index (χ3v) is 5.95. The molecule has 6 N–H and O–H groups in total. The van der Waals surface area contributed by atoms with Crippen LogP contribution in [0.1, 0.15) is 10.4 Å². The van der Waals surface area contributed by atoms with Gasteiger partial charge in [-0.1, -0.05) is 0 Å². The lowest BCUT2D eigenvalue weighted by Gasteiger charge is -2.35. The summed E-state index contributed by atoms with van der Waals surface area (Å²) in [6, 6.07) is 8.92. The zero-order valence-corrected chi connectivity index (χ0v) is 19.6. The molecule has 2 aromatic rings. The predicted molar refractivity (Wildman–Crippen MR) is 128 cm³/mol. The summed E-state index contributed by atoms with van der Waals surface area (Å²) in [6.45, 7) is 0. The van der Waals surface area contributed by atoms with Gasteiger partial charge in [0, 0.05) is 23.4 Å². The molecule has 14 heteroatoms. The minimum absolute atomic E-state index is 0.0374. The fourth-order valence-electron chi connectivity index (χ4n) is 3.16. The van der Waals surface area contributed by atoms with Crippen LogP contribution >= 0.6 is 11.8 Å². The molecule has 186 valence electrons. The molecule has 3 atom stereocenters. The average molecular weight is 505 g/mol. The van der Waals surface area contributed by atoms with Crippen LogP contribution in [0.4, 0.5) is 11.4 Å². The van der Waals surface area contributed by atoms with Gasteiger partial charge in [-0.2, -0.15) is 0 Å². The molecule has 0 aliphatic carbocycles. The van der Waals surface area contributed by atoms with Gasteiger partial charge < -0.3 is 31.2 Å². The molecule has 3 rings (SSSR count). The lowest BCUT2D eigenvalue weighted by molar-refractivity contribution is -0.384. The van der Waals surface area contributed by atoms with E-state index in [1.807, 2.05) is 0 Å². The lowest BCUT2D eigenvalue weighted by atomic mass is 10.1. The van der Waals surface area contributed by atoms with Crippen LogP contribution < -0.4 is 36.5 Å². The Balaban J connectivity index is 1.51. The number of rotatable bonds is 9. The van der Waals surface area contributed by atoms with Crippen molar-refractivity contribution in [3.8, 4) is 11.5 Å². The van der Waals surface area contributed by atoms with Crippen molar-refractivity contribution in [3.05, 3.63) is 58.1 Å². The SMILES string of the molecule is COc1ccc(C(=O)NC2C(=O)NC(SCC(=O)Nc3ccc([N+](=O)[O-])cc3)NC2N)cc1OC. The first-order chi connectivity index (χ1) is 16.7. The lowest BCUT2D eigenvalue weighted by Crippen LogP contribution is -2.70. The second-order valence-electron chi connectivity index (χ2n) is 7.27. The standard InChI is InChI=1S/C21H24N6O7S/c1-33-14-8-3-11(9-15(14)34-2)19(29)24-17-18(22)25-21(26-20(17)30)35-10-16(28)23-12-4-6-13(7-5-12)27(31)32/h3-9,17-18,21,25H,10,22H2,1-2H3,(H,23,28)(H,24,29)(H,26,30). The molecule has 2 aromatic carbocycles. The summed E-state index contributed by atoms with van der Waals surface area (Å²) in [5, 5.41) is 21.5. The molecule has 13 nitrogen and oxygen atoms in total. The Bertz CT molecular complexity index is 1110. The number of amides is 3. The van der Waals surface area contributed by atoms with Crippen LogP contribution in [-0.2, 0) is 9.59 Å². The van der Waals surface area contributed by atoms with Gasteiger partial charge in [-0.25, -0.2) is 0 Å². The molecule has 3 unspecified atom stereocenters. The number of nitro groups is 1. The van der Waals surface area contributed by atoms with Crippen LogP contribution in [0.15, 0.2) is 42.5 Å². The van der Waals surface area contributed by atoms with E-state index in [2.05, 4.69) is 21.3 Å². The first-order valence-electron chi connectivity index (χ1n) is 10.2. The molecule has 1 aliphatic heterocycles. The second-order valence-corrected chi connectivity index (χ2v) is 8.36. The quantitative estimate of drug-likeness (QED) is 0.236. The van der Waals surface area contributed by atoms with Gasteiger partial charge in [0.25, 0.3) is 11.6 Å². The van der Waals surface area contributed by atoms with Gasteiger partial charge in [0.2, 0.25) is 11.8 Å². The van der Waals surface area contributed by atoms with Crippen molar-refractivity contribution in [2.45, 2.75) is 17.7 Å². The Morgan fingerprint density at radius 1 is 1.14 bits per heavy atom. The molecule has 35 heavy (non-hydrogen) atoms. The number of hydrogen-bond donors (Lipinski definition) is 5. The van der Waals surface area contributed by atoms with Gasteiger partial charge in [0.1, 0.15) is 11.5 Å². The maximum absolute atomic E-state index is 12.6. The average Bonchev–Trinajstić information content (AvgIpc) is 2.84. The summed E-state index contributed by atoms with van der Waals surface area (Å²) in [7, 11) is 2.92. The summed E-state index contributed by atoms with van der Waals surface area (Å²) >= 11 is 1.08. The minimum Gasteiger partial charge on any atom is -0.493 e. The fraction of sp³-hybridized carbons (Fsp3) is 0.286. The van der Waals surface area contributed by atoms with Crippen LogP contribution in [0.3, 0.4) is 0 Å². The van der Waals surface area contributed by atoms with Gasteiger partial charge in [-0.05, 0) is 30.3 Å². The molecule has 1 fully saturated rings. The van der Waals surface area contributed by atoms with Crippen LogP contribution in [-0.4, -0.2) is 60.3 Å². The zero-order valence-electron chi connectivity index (χ0n) is 18.8. The molecule has 0 saturated carbocycles. The van der Waals surface area contributed by atoms with E-state index in [-0.39, 0.29) is 22.9 Å². The Morgan fingerprint density at radius 2 is 1.83 bits per heavy atom. The molecule has 0 aromatic heterocycles. The Kier molecular flexibility index (Phi) is 8.46. The fourth-order valence-corrected chi connectivity index (χ4v) is 4.01. The van der Waals surface area contributed by atoms with E-state index in [4.69, 9.17) is 15.2 Å². The molecular formula is C21H24N6O7S. The number of benzene rings is 2. The van der Waals surface area contributed by atoms with Crippen molar-refractivity contribution in [3.63, 3.8) is 0 Å². The number of ether oxygens (including phenoxy) is 2. The van der Waals surface area contributed by atoms with Crippen molar-refractivity contribution in [2.75, 3.05) is 25.3 Å². The predicted octanol–water partition coefficient (Wildman–Crippen LogP) is 0.370. The molecular weight excluding hydrogens is 480 g/mol. The second kappa shape index (κ2) is 11.5. The van der Waals surface area contributed by atoms with Crippen molar-refractivity contribution in [2.24, 2.45) is 5.73 Å². The summed E-state index contributed by atoms with van der Waals surface area (Å²) in [4.78, 5) is 47.6. The molecule has 1 saturated heterocycles. The van der Waals surface area contributed by atoms with Gasteiger partial charge in [-0.15, -0.1) is 11.8 Å². The van der Waals surface area contributed by atoms with Gasteiger partial charge >= 0.3 is 0 Å². The number of anilines is 1. The molecule has 0 bridgehead atoms. The zero-order chi connectivity index (χ0) is 25.5. The molecule has 1 aliphatic rings. The summed E-state index contributed by atoms with van der Waals surface area (Å²) in [5.41, 5.74) is 5.95. The van der Waals surface area contributed by atoms with Crippen LogP contribution in [0.5, 0.6) is 11.5 Å². The Hall–Kier alpha value is -3.88. The summed E-state index contributed by atoms with van der Waals surface area (Å²) in [6.07, 6.45) is -0.914. The van der Waals surface area contributed by atoms with E-state index in [9.17, 15) is 24.5 Å². The van der Waals surface area contributed by atoms with Crippen molar-refractivity contribution < 1.29 is 28.8 Å². The highest BCUT2D eigenvalue weighted by Crippen LogP contribution is 2.27. The maximum Gasteiger partial charge on any atom is 0.269 e. The highest BCUT2D eigenvalue weighted by atomic mass is 32.2. The number of nitrogens with zero attached hydrogens (tertiary/aromatic N) is 1. The van der Waals surface area contributed by atoms with E-state index in [0.717, 1.165) is 11.8 Å². The number of hydrogen-bond acceptors (Lipinski definition) is 10. The van der Waals surface area contributed by atoms with E-state index in [1.54, 1.807) is 6.07 Å². The van der Waals surface area contributed by atoms with Crippen molar-refractivity contribution in [1.82, 2.24) is 16.0 Å². The monoisotopic (exact) mass is 504 g/mol. The van der Waals surface area contributed by atoms with E-state index < -0.39 is 34.4 Å². The molecule has 1 heterocycles. The van der Waals surface area contributed by atoms with Crippen LogP contribution in [0.2, 0.25) is 0 Å². The normalized spacial score (nSPS) is 19.3. The highest BCUT2D eigenvalue weighted by Gasteiger charge is 2.35. The number of carbonyl (C=O) groups excluding carboxylic acids is 3. The van der Waals surface area contributed by atoms with E-state index in [1.165, 1.54) is 50.6 Å². The van der Waals surface area contributed by atoms with Gasteiger partial charge in [0.05, 0.1) is 31.1 Å². The highest BCUT2D eigenvalue weighted by molar-refractivity contribution is 8.00. The van der Waals surface area contributed by atoms with Gasteiger partial charge in [0.15, 0.2) is 11.5 Å². The number of methoxy groups -OCH3 is 2. The minimum atomic E-state index is -1.05.